The molecule has 0 aliphatic heterocycles. The molecule has 5 heavy (non-hydrogen) atoms. The second-order valence-corrected chi connectivity index (χ2v) is 0.447. The number of rotatable bonds is 0. The van der Waals surface area contributed by atoms with Crippen LogP contribution in [0.25, 0.3) is 5.32 Å². The summed E-state index contributed by atoms with van der Waals surface area (Å²) in [5.41, 5.74) is 0. The third kappa shape index (κ3) is 26.2. The van der Waals surface area contributed by atoms with Crippen molar-refractivity contribution in [2.24, 2.45) is 0 Å². The van der Waals surface area contributed by atoms with Gasteiger partial charge < -0.3 is 5.32 Å². The standard InChI is InChI=1S/C2H6N.CH4.Rb/c1-3-2;;/h1-2H3;1H4;/q-1;;+1. The van der Waals surface area contributed by atoms with Gasteiger partial charge in [0, 0.05) is 0 Å². The van der Waals surface area contributed by atoms with E-state index in [1.165, 1.54) is 0 Å². The Morgan fingerprint density at radius 1 is 1.20 bits per heavy atom. The van der Waals surface area contributed by atoms with E-state index in [2.05, 4.69) is 5.32 Å². The van der Waals surface area contributed by atoms with Crippen LogP contribution in [0.5, 0.6) is 0 Å². The maximum atomic E-state index is 3.50. The predicted octanol–water partition coefficient (Wildman–Crippen LogP) is -1.74. The van der Waals surface area contributed by atoms with E-state index in [4.69, 9.17) is 0 Å². The summed E-state index contributed by atoms with van der Waals surface area (Å²) in [5, 5.41) is 3.50. The Hall–Kier alpha value is 1.77. The van der Waals surface area contributed by atoms with Crippen molar-refractivity contribution < 1.29 is 58.2 Å². The van der Waals surface area contributed by atoms with Crippen molar-refractivity contribution >= 4 is 0 Å². The maximum Gasteiger partial charge on any atom is 1.00 e. The molecule has 0 aromatic rings. The molecule has 0 saturated heterocycles. The average Bonchev–Trinajstić information content (AvgIpc) is 0.918. The molecule has 0 heterocycles. The third-order valence-electron chi connectivity index (χ3n) is 0. The summed E-state index contributed by atoms with van der Waals surface area (Å²) in [7, 11) is 3.50. The monoisotopic (exact) mass is 145 g/mol. The van der Waals surface area contributed by atoms with Crippen molar-refractivity contribution in [3.8, 4) is 0 Å². The molecule has 0 aromatic carbocycles. The minimum absolute atomic E-state index is 0. The van der Waals surface area contributed by atoms with Gasteiger partial charge in [-0.15, -0.1) is 0 Å². The van der Waals surface area contributed by atoms with Gasteiger partial charge in [0.05, 0.1) is 0 Å². The summed E-state index contributed by atoms with van der Waals surface area (Å²) in [5.74, 6) is 0. The Kier molecular flexibility index (Phi) is 54.3. The summed E-state index contributed by atoms with van der Waals surface area (Å²) in [4.78, 5) is 0. The zero-order valence-electron chi connectivity index (χ0n) is 3.45. The first-order valence-corrected chi connectivity index (χ1v) is 0.894. The molecule has 2 heteroatoms. The topological polar surface area (TPSA) is 14.1 Å². The van der Waals surface area contributed by atoms with Crippen molar-refractivity contribution in [3.05, 3.63) is 5.32 Å². The van der Waals surface area contributed by atoms with Crippen molar-refractivity contribution in [1.82, 2.24) is 0 Å². The SMILES string of the molecule is C.C[N-]C.[Rb+]. The van der Waals surface area contributed by atoms with Gasteiger partial charge in [-0.3, -0.25) is 0 Å². The Morgan fingerprint density at radius 3 is 1.20 bits per heavy atom. The van der Waals surface area contributed by atoms with Gasteiger partial charge in [-0.1, -0.05) is 7.43 Å². The van der Waals surface area contributed by atoms with Gasteiger partial charge in [-0.2, -0.15) is 14.1 Å². The van der Waals surface area contributed by atoms with Gasteiger partial charge >= 0.3 is 58.2 Å². The molecule has 1 nitrogen and oxygen atoms in total. The van der Waals surface area contributed by atoms with Gasteiger partial charge in [0.2, 0.25) is 0 Å². The first-order valence-electron chi connectivity index (χ1n) is 0.894. The van der Waals surface area contributed by atoms with Crippen molar-refractivity contribution in [1.29, 1.82) is 0 Å². The van der Waals surface area contributed by atoms with E-state index >= 15 is 0 Å². The Balaban J connectivity index is -0.0000000200. The number of nitrogens with zero attached hydrogens (tertiary/aromatic N) is 1. The van der Waals surface area contributed by atoms with Gasteiger partial charge in [0.15, 0.2) is 0 Å². The van der Waals surface area contributed by atoms with Crippen LogP contribution in [-0.4, -0.2) is 14.1 Å². The molecule has 0 fully saturated rings. The molecule has 0 aliphatic carbocycles. The van der Waals surface area contributed by atoms with E-state index in [0.29, 0.717) is 0 Å². The van der Waals surface area contributed by atoms with Crippen molar-refractivity contribution in [3.63, 3.8) is 0 Å². The first kappa shape index (κ1) is 15.9. The molecule has 0 saturated carbocycles. The largest absolute Gasteiger partial charge is 1.00 e. The van der Waals surface area contributed by atoms with E-state index in [9.17, 15) is 0 Å². The summed E-state index contributed by atoms with van der Waals surface area (Å²) in [6.45, 7) is 0. The molecule has 0 unspecified atom stereocenters. The van der Waals surface area contributed by atoms with E-state index in [1.807, 2.05) is 0 Å². The van der Waals surface area contributed by atoms with Crippen LogP contribution in [0.15, 0.2) is 0 Å². The minimum atomic E-state index is 0. The van der Waals surface area contributed by atoms with E-state index < -0.39 is 0 Å². The average molecular weight is 146 g/mol. The summed E-state index contributed by atoms with van der Waals surface area (Å²) in [6.07, 6.45) is 0. The zero-order chi connectivity index (χ0) is 2.71. The zero-order valence-corrected chi connectivity index (χ0v) is 8.36. The molecule has 0 spiro atoms. The summed E-state index contributed by atoms with van der Waals surface area (Å²) < 4.78 is 0. The molecular formula is C3H10NRb. The maximum absolute atomic E-state index is 3.50. The fourth-order valence-corrected chi connectivity index (χ4v) is 0. The quantitative estimate of drug-likeness (QED) is 0.384. The molecule has 0 aliphatic rings. The van der Waals surface area contributed by atoms with Crippen molar-refractivity contribution in [2.45, 2.75) is 7.43 Å². The third-order valence-corrected chi connectivity index (χ3v) is 0. The fourth-order valence-electron chi connectivity index (χ4n) is 0. The van der Waals surface area contributed by atoms with Crippen LogP contribution in [-0.2, 0) is 0 Å². The predicted molar refractivity (Wildman–Crippen MR) is 21.9 cm³/mol. The fraction of sp³-hybridized carbons (Fsp3) is 1.00. The van der Waals surface area contributed by atoms with Crippen LogP contribution in [0.3, 0.4) is 0 Å². The smallest absolute Gasteiger partial charge is 0.668 e. The van der Waals surface area contributed by atoms with Gasteiger partial charge in [0.1, 0.15) is 0 Å². The molecule has 0 N–H and O–H groups in total. The molecule has 0 rings (SSSR count). The van der Waals surface area contributed by atoms with Gasteiger partial charge in [-0.25, -0.2) is 0 Å². The van der Waals surface area contributed by atoms with Crippen LogP contribution in [0.2, 0.25) is 0 Å². The first-order chi connectivity index (χ1) is 1.41. The Bertz CT molecular complexity index is 6.85. The van der Waals surface area contributed by atoms with Crippen LogP contribution in [0, 0.1) is 0 Å². The van der Waals surface area contributed by atoms with Gasteiger partial charge in [-0.05, 0) is 0 Å². The summed E-state index contributed by atoms with van der Waals surface area (Å²) in [6, 6.07) is 0. The summed E-state index contributed by atoms with van der Waals surface area (Å²) >= 11 is 0. The Morgan fingerprint density at radius 2 is 1.20 bits per heavy atom. The van der Waals surface area contributed by atoms with Gasteiger partial charge in [0.25, 0.3) is 0 Å². The second-order valence-electron chi connectivity index (χ2n) is 0.447. The van der Waals surface area contributed by atoms with Crippen molar-refractivity contribution in [2.75, 3.05) is 14.1 Å². The van der Waals surface area contributed by atoms with E-state index in [1.54, 1.807) is 14.1 Å². The van der Waals surface area contributed by atoms with Crippen LogP contribution < -0.4 is 58.2 Å². The molecule has 0 bridgehead atoms. The van der Waals surface area contributed by atoms with E-state index in [-0.39, 0.29) is 65.6 Å². The molecule has 0 atom stereocenters. The molecule has 28 valence electrons. The van der Waals surface area contributed by atoms with Crippen LogP contribution in [0.1, 0.15) is 7.43 Å². The number of hydrogen-bond acceptors (Lipinski definition) is 0. The van der Waals surface area contributed by atoms with E-state index in [0.717, 1.165) is 0 Å². The Labute approximate surface area is 83.3 Å². The molecule has 0 aromatic heterocycles. The molecule has 0 amide bonds. The molecular weight excluding hydrogens is 136 g/mol. The normalized spacial score (nSPS) is 3.60. The van der Waals surface area contributed by atoms with Crippen LogP contribution >= 0.6 is 0 Å². The second kappa shape index (κ2) is 17.1. The number of hydrogen-bond donors (Lipinski definition) is 0. The molecule has 0 radical (unpaired) electrons. The van der Waals surface area contributed by atoms with Crippen LogP contribution in [0.4, 0.5) is 0 Å². The minimum Gasteiger partial charge on any atom is -0.668 e.